The van der Waals surface area contributed by atoms with Crippen molar-refractivity contribution in [3.05, 3.63) is 82.0 Å². The van der Waals surface area contributed by atoms with Gasteiger partial charge >= 0.3 is 5.97 Å². The maximum absolute atomic E-state index is 11.8. The number of fused-ring (bicyclic) bond motifs is 2. The molecule has 32 heavy (non-hydrogen) atoms. The van der Waals surface area contributed by atoms with E-state index < -0.39 is 0 Å². The van der Waals surface area contributed by atoms with E-state index in [9.17, 15) is 9.70 Å². The minimum Gasteiger partial charge on any atom is -0.465 e. The Balaban J connectivity index is 0.00000119. The number of benzene rings is 2. The number of carbonyl (C=O) groups is 1. The molecule has 1 aliphatic heterocycles. The van der Waals surface area contributed by atoms with Gasteiger partial charge in [0.2, 0.25) is 0 Å². The number of aromatic nitrogens is 3. The number of nitrogens with zero attached hydrogens (tertiary/aromatic N) is 3. The van der Waals surface area contributed by atoms with Gasteiger partial charge in [-0.25, -0.2) is 4.79 Å². The van der Waals surface area contributed by atoms with Crippen LogP contribution in [0.4, 0.5) is 5.69 Å². The summed E-state index contributed by atoms with van der Waals surface area (Å²) in [7, 11) is 1.36. The third-order valence-corrected chi connectivity index (χ3v) is 5.39. The van der Waals surface area contributed by atoms with Crippen molar-refractivity contribution in [2.75, 3.05) is 12.4 Å². The van der Waals surface area contributed by atoms with Crippen LogP contribution in [0.3, 0.4) is 0 Å². The van der Waals surface area contributed by atoms with Crippen molar-refractivity contribution in [2.24, 2.45) is 5.18 Å². The van der Waals surface area contributed by atoms with Crippen molar-refractivity contribution in [1.82, 2.24) is 15.2 Å². The molecule has 2 aromatic carbocycles. The summed E-state index contributed by atoms with van der Waals surface area (Å²) in [5, 5.41) is 16.1. The molecule has 4 aromatic rings. The first-order valence-corrected chi connectivity index (χ1v) is 10.4. The average molecular weight is 429 g/mol. The lowest BCUT2D eigenvalue weighted by molar-refractivity contribution is 0.0600. The third-order valence-electron chi connectivity index (χ3n) is 5.39. The Labute approximate surface area is 185 Å². The number of hydrogen-bond donors (Lipinski definition) is 2. The van der Waals surface area contributed by atoms with Gasteiger partial charge in [-0.05, 0) is 23.8 Å². The van der Waals surface area contributed by atoms with Crippen LogP contribution in [-0.4, -0.2) is 28.3 Å². The van der Waals surface area contributed by atoms with E-state index in [1.807, 2.05) is 56.4 Å². The molecule has 8 heteroatoms. The summed E-state index contributed by atoms with van der Waals surface area (Å²) >= 11 is 0. The second kappa shape index (κ2) is 8.97. The molecule has 0 spiro atoms. The third kappa shape index (κ3) is 3.49. The molecule has 2 aromatic heterocycles. The summed E-state index contributed by atoms with van der Waals surface area (Å²) < 4.78 is 4.80. The van der Waals surface area contributed by atoms with Crippen LogP contribution in [0.15, 0.2) is 59.9 Å². The van der Waals surface area contributed by atoms with Gasteiger partial charge < -0.3 is 15.0 Å². The second-order valence-electron chi connectivity index (χ2n) is 7.01. The Morgan fingerprint density at radius 1 is 1.09 bits per heavy atom. The minimum absolute atomic E-state index is 0.0598. The number of ether oxygens (including phenoxy) is 1. The van der Waals surface area contributed by atoms with Crippen LogP contribution < -0.4 is 5.32 Å². The van der Waals surface area contributed by atoms with Gasteiger partial charge in [0.15, 0.2) is 5.65 Å². The molecule has 5 rings (SSSR count). The lowest BCUT2D eigenvalue weighted by Crippen LogP contribution is -2.12. The zero-order valence-electron chi connectivity index (χ0n) is 18.0. The second-order valence-corrected chi connectivity index (χ2v) is 7.01. The van der Waals surface area contributed by atoms with E-state index in [0.717, 1.165) is 33.3 Å². The Morgan fingerprint density at radius 3 is 2.56 bits per heavy atom. The number of para-hydroxylation sites is 1. The Bertz CT molecular complexity index is 1280. The molecule has 0 amide bonds. The fraction of sp³-hybridized carbons (Fsp3) is 0.208. The predicted molar refractivity (Wildman–Crippen MR) is 123 cm³/mol. The van der Waals surface area contributed by atoms with Crippen molar-refractivity contribution in [3.63, 3.8) is 0 Å². The van der Waals surface area contributed by atoms with Gasteiger partial charge in [0.1, 0.15) is 6.54 Å². The number of methoxy groups -OCH3 is 1. The number of nitrogens with one attached hydrogen (secondary N) is 2. The molecule has 2 N–H and O–H groups in total. The summed E-state index contributed by atoms with van der Waals surface area (Å²) in [6, 6.07) is 15.0. The first-order chi connectivity index (χ1) is 15.7. The van der Waals surface area contributed by atoms with Crippen molar-refractivity contribution < 1.29 is 9.53 Å². The first-order valence-electron chi connectivity index (χ1n) is 10.4. The van der Waals surface area contributed by atoms with E-state index in [1.54, 1.807) is 12.1 Å². The van der Waals surface area contributed by atoms with E-state index in [1.165, 1.54) is 7.11 Å². The molecule has 0 bridgehead atoms. The number of H-pyrrole nitrogens is 1. The summed E-state index contributed by atoms with van der Waals surface area (Å²) in [4.78, 5) is 26.0. The van der Waals surface area contributed by atoms with Crippen molar-refractivity contribution in [3.8, 4) is 11.1 Å². The van der Waals surface area contributed by atoms with Crippen LogP contribution in [0, 0.1) is 4.91 Å². The molecule has 0 aliphatic carbocycles. The number of aromatic amines is 1. The van der Waals surface area contributed by atoms with Gasteiger partial charge in [0.05, 0.1) is 24.4 Å². The number of anilines is 1. The van der Waals surface area contributed by atoms with E-state index in [2.05, 4.69) is 25.7 Å². The number of esters is 1. The summed E-state index contributed by atoms with van der Waals surface area (Å²) in [5.74, 6) is -0.378. The molecule has 0 fully saturated rings. The number of hydrogen-bond acceptors (Lipinski definition) is 7. The summed E-state index contributed by atoms with van der Waals surface area (Å²) in [5.41, 5.74) is 6.32. The molecular formula is C24H23N5O3. The van der Waals surface area contributed by atoms with E-state index in [-0.39, 0.29) is 18.6 Å². The number of nitroso groups, excluding NO2 is 1. The fourth-order valence-electron chi connectivity index (χ4n) is 4.02. The topological polar surface area (TPSA) is 109 Å². The lowest BCUT2D eigenvalue weighted by Gasteiger charge is -2.19. The molecule has 8 nitrogen and oxygen atoms in total. The molecule has 0 saturated heterocycles. The predicted octanol–water partition coefficient (Wildman–Crippen LogP) is 5.22. The van der Waals surface area contributed by atoms with Gasteiger partial charge in [-0.2, -0.15) is 10.0 Å². The molecule has 162 valence electrons. The van der Waals surface area contributed by atoms with Gasteiger partial charge in [0, 0.05) is 34.0 Å². The van der Waals surface area contributed by atoms with E-state index in [0.29, 0.717) is 16.9 Å². The van der Waals surface area contributed by atoms with Crippen LogP contribution in [0.1, 0.15) is 47.1 Å². The van der Waals surface area contributed by atoms with Gasteiger partial charge in [-0.3, -0.25) is 0 Å². The van der Waals surface area contributed by atoms with Crippen LogP contribution in [0.2, 0.25) is 0 Å². The zero-order valence-corrected chi connectivity index (χ0v) is 18.0. The number of rotatable bonds is 4. The SMILES string of the molecule is CC.COC(=O)c1ccc(C2Nc3ccccc3-c3c(CN=O)nnc4[nH]cc2c34)cc1. The highest BCUT2D eigenvalue weighted by Gasteiger charge is 2.28. The van der Waals surface area contributed by atoms with Crippen LogP contribution in [0.5, 0.6) is 0 Å². The average Bonchev–Trinajstić information content (AvgIpc) is 3.21. The van der Waals surface area contributed by atoms with Crippen molar-refractivity contribution in [2.45, 2.75) is 26.4 Å². The minimum atomic E-state index is -0.378. The molecular weight excluding hydrogens is 406 g/mol. The van der Waals surface area contributed by atoms with Gasteiger partial charge in [-0.1, -0.05) is 49.4 Å². The lowest BCUT2D eigenvalue weighted by atomic mass is 9.95. The fourth-order valence-corrected chi connectivity index (χ4v) is 4.02. The quantitative estimate of drug-likeness (QED) is 0.340. The van der Waals surface area contributed by atoms with Gasteiger partial charge in [0.25, 0.3) is 0 Å². The maximum atomic E-state index is 11.8. The normalized spacial score (nSPS) is 13.8. The highest BCUT2D eigenvalue weighted by Crippen LogP contribution is 2.44. The Kier molecular flexibility index (Phi) is 5.93. The Hall–Kier alpha value is -4.07. The maximum Gasteiger partial charge on any atom is 0.337 e. The summed E-state index contributed by atoms with van der Waals surface area (Å²) in [6.07, 6.45) is 1.90. The molecule has 1 aliphatic rings. The van der Waals surface area contributed by atoms with Crippen molar-refractivity contribution >= 4 is 22.7 Å². The highest BCUT2D eigenvalue weighted by molar-refractivity contribution is 6.02. The first kappa shape index (κ1) is 21.2. The molecule has 0 saturated carbocycles. The zero-order chi connectivity index (χ0) is 22.7. The monoisotopic (exact) mass is 429 g/mol. The van der Waals surface area contributed by atoms with E-state index in [4.69, 9.17) is 4.74 Å². The van der Waals surface area contributed by atoms with Gasteiger partial charge in [-0.15, -0.1) is 5.10 Å². The van der Waals surface area contributed by atoms with E-state index >= 15 is 0 Å². The van der Waals surface area contributed by atoms with Crippen LogP contribution in [0.25, 0.3) is 22.2 Å². The molecule has 3 heterocycles. The molecule has 0 radical (unpaired) electrons. The Morgan fingerprint density at radius 2 is 1.84 bits per heavy atom. The molecule has 1 atom stereocenters. The van der Waals surface area contributed by atoms with Crippen molar-refractivity contribution in [1.29, 1.82) is 0 Å². The highest BCUT2D eigenvalue weighted by atomic mass is 16.5. The van der Waals surface area contributed by atoms with Crippen LogP contribution >= 0.6 is 0 Å². The standard InChI is InChI=1S/C22H17N5O3.C2H6/c1-30-22(28)13-8-6-12(7-9-13)20-15-10-23-21-19(15)18(17(11-24-29)26-27-21)14-4-2-3-5-16(14)25-20;1-2/h2-10,20,25H,11H2,1H3,(H,23,27);1-2H3. The smallest absolute Gasteiger partial charge is 0.337 e. The summed E-state index contributed by atoms with van der Waals surface area (Å²) in [6.45, 7) is 3.94. The van der Waals surface area contributed by atoms with Crippen LogP contribution in [-0.2, 0) is 11.3 Å². The number of carbonyl (C=O) groups excluding carboxylic acids is 1. The largest absolute Gasteiger partial charge is 0.465 e. The molecule has 1 unspecified atom stereocenters.